The molecule has 1 aromatic heterocycles. The smallest absolute Gasteiger partial charge is 0.292 e. The average Bonchev–Trinajstić information content (AvgIpc) is 2.64. The molecule has 1 amide bonds. The number of para-hydroxylation sites is 3. The number of aromatic nitrogens is 1. The highest BCUT2D eigenvalue weighted by Crippen LogP contribution is 2.22. The Kier molecular flexibility index (Phi) is 5.07. The number of amides is 1. The first-order valence-corrected chi connectivity index (χ1v) is 8.18. The van der Waals surface area contributed by atoms with Crippen molar-refractivity contribution in [2.45, 2.75) is 6.92 Å². The van der Waals surface area contributed by atoms with Crippen LogP contribution in [0.2, 0.25) is 0 Å². The first-order chi connectivity index (χ1) is 12.6. The summed E-state index contributed by atoms with van der Waals surface area (Å²) in [6.07, 6.45) is 0. The number of nitro groups is 1. The lowest BCUT2D eigenvalue weighted by Gasteiger charge is -2.10. The molecule has 26 heavy (non-hydrogen) atoms. The number of benzene rings is 2. The lowest BCUT2D eigenvalue weighted by Crippen LogP contribution is -2.29. The molecule has 0 fully saturated rings. The number of pyridine rings is 1. The average molecular weight is 350 g/mol. The van der Waals surface area contributed by atoms with Crippen LogP contribution in [0, 0.1) is 17.0 Å². The van der Waals surface area contributed by atoms with Crippen LogP contribution in [0.15, 0.2) is 54.6 Å². The third-order valence-corrected chi connectivity index (χ3v) is 3.92. The van der Waals surface area contributed by atoms with Gasteiger partial charge in [-0.15, -0.1) is 0 Å². The maximum Gasteiger partial charge on any atom is 0.292 e. The van der Waals surface area contributed by atoms with E-state index in [-0.39, 0.29) is 11.6 Å². The largest absolute Gasteiger partial charge is 0.378 e. The molecule has 3 rings (SSSR count). The Bertz CT molecular complexity index is 972. The highest BCUT2D eigenvalue weighted by atomic mass is 16.6. The van der Waals surface area contributed by atoms with Crippen molar-refractivity contribution in [2.75, 3.05) is 18.4 Å². The van der Waals surface area contributed by atoms with Gasteiger partial charge in [-0.05, 0) is 25.1 Å². The lowest BCUT2D eigenvalue weighted by molar-refractivity contribution is -0.384. The molecule has 2 N–H and O–H groups in total. The van der Waals surface area contributed by atoms with Gasteiger partial charge >= 0.3 is 0 Å². The van der Waals surface area contributed by atoms with E-state index in [1.165, 1.54) is 6.07 Å². The minimum absolute atomic E-state index is 0.00887. The molecule has 132 valence electrons. The van der Waals surface area contributed by atoms with Gasteiger partial charge in [-0.3, -0.25) is 19.9 Å². The molecule has 3 aromatic rings. The Hall–Kier alpha value is -3.48. The van der Waals surface area contributed by atoms with E-state index in [0.717, 1.165) is 16.6 Å². The molecule has 0 aliphatic carbocycles. The minimum Gasteiger partial charge on any atom is -0.378 e. The number of fused-ring (bicyclic) bond motifs is 1. The van der Waals surface area contributed by atoms with Gasteiger partial charge in [0.2, 0.25) is 0 Å². The first kappa shape index (κ1) is 17.3. The van der Waals surface area contributed by atoms with Crippen molar-refractivity contribution in [1.29, 1.82) is 0 Å². The van der Waals surface area contributed by atoms with Crippen molar-refractivity contribution in [1.82, 2.24) is 10.3 Å². The van der Waals surface area contributed by atoms with Crippen molar-refractivity contribution >= 4 is 28.2 Å². The van der Waals surface area contributed by atoms with Gasteiger partial charge in [-0.2, -0.15) is 0 Å². The zero-order chi connectivity index (χ0) is 18.5. The van der Waals surface area contributed by atoms with Crippen LogP contribution in [-0.4, -0.2) is 28.9 Å². The summed E-state index contributed by atoms with van der Waals surface area (Å²) < 4.78 is 0. The van der Waals surface area contributed by atoms with E-state index in [4.69, 9.17) is 0 Å². The molecule has 0 aliphatic rings. The standard InChI is InChI=1S/C19H18N4O3/c1-13-12-15(14-6-2-3-7-16(14)22-13)19(24)21-11-10-20-17-8-4-5-9-18(17)23(25)26/h2-9,12,20H,10-11H2,1H3,(H,21,24). The van der Waals surface area contributed by atoms with Crippen LogP contribution in [-0.2, 0) is 0 Å². The summed E-state index contributed by atoms with van der Waals surface area (Å²) in [5.41, 5.74) is 2.55. The number of anilines is 1. The maximum atomic E-state index is 12.5. The zero-order valence-electron chi connectivity index (χ0n) is 14.2. The van der Waals surface area contributed by atoms with E-state index in [0.29, 0.717) is 24.3 Å². The van der Waals surface area contributed by atoms with Crippen molar-refractivity contribution < 1.29 is 9.72 Å². The fourth-order valence-corrected chi connectivity index (χ4v) is 2.75. The Morgan fingerprint density at radius 1 is 1.12 bits per heavy atom. The third kappa shape index (κ3) is 3.77. The van der Waals surface area contributed by atoms with Crippen LogP contribution < -0.4 is 10.6 Å². The minimum atomic E-state index is -0.438. The number of nitrogens with zero attached hydrogens (tertiary/aromatic N) is 2. The van der Waals surface area contributed by atoms with Gasteiger partial charge in [0.1, 0.15) is 5.69 Å². The molecule has 0 saturated carbocycles. The van der Waals surface area contributed by atoms with Gasteiger partial charge in [-0.25, -0.2) is 0 Å². The molecule has 0 saturated heterocycles. The van der Waals surface area contributed by atoms with Crippen molar-refractivity contribution in [3.05, 3.63) is 76.0 Å². The summed E-state index contributed by atoms with van der Waals surface area (Å²) in [5, 5.41) is 17.6. The van der Waals surface area contributed by atoms with Crippen molar-refractivity contribution in [2.24, 2.45) is 0 Å². The number of hydrogen-bond donors (Lipinski definition) is 2. The first-order valence-electron chi connectivity index (χ1n) is 8.18. The monoisotopic (exact) mass is 350 g/mol. The summed E-state index contributed by atoms with van der Waals surface area (Å²) in [6, 6.07) is 15.7. The summed E-state index contributed by atoms with van der Waals surface area (Å²) in [5.74, 6) is -0.198. The normalized spacial score (nSPS) is 10.5. The van der Waals surface area contributed by atoms with Crippen LogP contribution in [0.5, 0.6) is 0 Å². The quantitative estimate of drug-likeness (QED) is 0.404. The molecule has 2 aromatic carbocycles. The highest BCUT2D eigenvalue weighted by molar-refractivity contribution is 6.06. The zero-order valence-corrected chi connectivity index (χ0v) is 14.2. The third-order valence-electron chi connectivity index (χ3n) is 3.92. The predicted octanol–water partition coefficient (Wildman–Crippen LogP) is 3.29. The van der Waals surface area contributed by atoms with Crippen LogP contribution >= 0.6 is 0 Å². The van der Waals surface area contributed by atoms with Crippen molar-refractivity contribution in [3.8, 4) is 0 Å². The van der Waals surface area contributed by atoms with Crippen LogP contribution in [0.4, 0.5) is 11.4 Å². The number of nitro benzene ring substituents is 1. The number of carbonyl (C=O) groups is 1. The van der Waals surface area contributed by atoms with Gasteiger partial charge < -0.3 is 10.6 Å². The van der Waals surface area contributed by atoms with Crippen LogP contribution in [0.3, 0.4) is 0 Å². The Morgan fingerprint density at radius 2 is 1.85 bits per heavy atom. The summed E-state index contributed by atoms with van der Waals surface area (Å²) in [4.78, 5) is 27.5. The topological polar surface area (TPSA) is 97.2 Å². The lowest BCUT2D eigenvalue weighted by atomic mass is 10.1. The highest BCUT2D eigenvalue weighted by Gasteiger charge is 2.13. The van der Waals surface area contributed by atoms with Crippen molar-refractivity contribution in [3.63, 3.8) is 0 Å². The second-order valence-electron chi connectivity index (χ2n) is 5.79. The molecular formula is C19H18N4O3. The second kappa shape index (κ2) is 7.60. The van der Waals surface area contributed by atoms with Crippen LogP contribution in [0.25, 0.3) is 10.9 Å². The second-order valence-corrected chi connectivity index (χ2v) is 5.79. The fourth-order valence-electron chi connectivity index (χ4n) is 2.75. The summed E-state index contributed by atoms with van der Waals surface area (Å²) in [7, 11) is 0. The number of aryl methyl sites for hydroxylation is 1. The van der Waals surface area contributed by atoms with Gasteiger partial charge in [0.05, 0.1) is 16.0 Å². The van der Waals surface area contributed by atoms with Gasteiger partial charge in [0.15, 0.2) is 0 Å². The molecule has 7 heteroatoms. The number of rotatable bonds is 6. The molecule has 7 nitrogen and oxygen atoms in total. The number of nitrogens with one attached hydrogen (secondary N) is 2. The molecule has 0 spiro atoms. The maximum absolute atomic E-state index is 12.5. The van der Waals surface area contributed by atoms with E-state index in [1.807, 2.05) is 31.2 Å². The Labute approximate surface area is 150 Å². The molecular weight excluding hydrogens is 332 g/mol. The predicted molar refractivity (Wildman–Crippen MR) is 100 cm³/mol. The van der Waals surface area contributed by atoms with Crippen LogP contribution in [0.1, 0.15) is 16.1 Å². The summed E-state index contributed by atoms with van der Waals surface area (Å²) in [6.45, 7) is 2.55. The van der Waals surface area contributed by atoms with E-state index >= 15 is 0 Å². The van der Waals surface area contributed by atoms with E-state index in [2.05, 4.69) is 15.6 Å². The number of hydrogen-bond acceptors (Lipinski definition) is 5. The van der Waals surface area contributed by atoms with E-state index in [9.17, 15) is 14.9 Å². The Morgan fingerprint density at radius 3 is 2.65 bits per heavy atom. The molecule has 0 atom stereocenters. The molecule has 0 unspecified atom stereocenters. The molecule has 1 heterocycles. The van der Waals surface area contributed by atoms with E-state index < -0.39 is 4.92 Å². The molecule has 0 aliphatic heterocycles. The van der Waals surface area contributed by atoms with Gasteiger partial charge in [0, 0.05) is 30.2 Å². The molecule has 0 radical (unpaired) electrons. The summed E-state index contributed by atoms with van der Waals surface area (Å²) >= 11 is 0. The van der Waals surface area contributed by atoms with Gasteiger partial charge in [0.25, 0.3) is 11.6 Å². The SMILES string of the molecule is Cc1cc(C(=O)NCCNc2ccccc2[N+](=O)[O-])c2ccccc2n1. The van der Waals surface area contributed by atoms with E-state index in [1.54, 1.807) is 24.3 Å². The number of carbonyl (C=O) groups excluding carboxylic acids is 1. The fraction of sp³-hybridized carbons (Fsp3) is 0.158. The Balaban J connectivity index is 1.65. The molecule has 0 bridgehead atoms. The van der Waals surface area contributed by atoms with Gasteiger partial charge in [-0.1, -0.05) is 30.3 Å².